The lowest BCUT2D eigenvalue weighted by Crippen LogP contribution is -2.15. The number of benzene rings is 1. The van der Waals surface area contributed by atoms with Crippen molar-refractivity contribution in [3.63, 3.8) is 0 Å². The Morgan fingerprint density at radius 1 is 0.968 bits per heavy atom. The van der Waals surface area contributed by atoms with Crippen LogP contribution in [-0.2, 0) is 19.1 Å². The van der Waals surface area contributed by atoms with Crippen molar-refractivity contribution >= 4 is 11.9 Å². The number of esters is 2. The molecule has 0 amide bonds. The van der Waals surface area contributed by atoms with Gasteiger partial charge in [0.05, 0.1) is 6.61 Å². The van der Waals surface area contributed by atoms with Gasteiger partial charge in [-0.25, -0.2) is 0 Å². The van der Waals surface area contributed by atoms with E-state index in [0.29, 0.717) is 25.4 Å². The van der Waals surface area contributed by atoms with Crippen molar-refractivity contribution in [1.82, 2.24) is 0 Å². The summed E-state index contributed by atoms with van der Waals surface area (Å²) in [5.74, 6) is 0.204. The summed E-state index contributed by atoms with van der Waals surface area (Å²) in [5.41, 5.74) is 1.07. The summed E-state index contributed by atoms with van der Waals surface area (Å²) in [5, 5.41) is 0. The predicted octanol–water partition coefficient (Wildman–Crippen LogP) is 7.09. The molecule has 1 aromatic carbocycles. The van der Waals surface area contributed by atoms with Crippen LogP contribution in [0.15, 0.2) is 42.5 Å². The lowest BCUT2D eigenvalue weighted by molar-refractivity contribution is -0.150. The highest BCUT2D eigenvalue weighted by molar-refractivity contribution is 5.70. The molecule has 2 rings (SSSR count). The van der Waals surface area contributed by atoms with Crippen molar-refractivity contribution in [2.24, 2.45) is 5.92 Å². The smallest absolute Gasteiger partial charge is 0.306 e. The molecule has 0 bridgehead atoms. The van der Waals surface area contributed by atoms with Gasteiger partial charge >= 0.3 is 11.9 Å². The fraction of sp³-hybridized carbons (Fsp3) is 0.630. The van der Waals surface area contributed by atoms with Gasteiger partial charge in [-0.1, -0.05) is 75.1 Å². The molecule has 4 nitrogen and oxygen atoms in total. The minimum atomic E-state index is -0.191. The van der Waals surface area contributed by atoms with Gasteiger partial charge in [0.1, 0.15) is 6.10 Å². The van der Waals surface area contributed by atoms with Gasteiger partial charge in [-0.3, -0.25) is 9.59 Å². The second kappa shape index (κ2) is 15.7. The summed E-state index contributed by atoms with van der Waals surface area (Å²) in [6.45, 7) is 2.69. The molecule has 0 aliphatic heterocycles. The zero-order chi connectivity index (χ0) is 22.2. The van der Waals surface area contributed by atoms with Crippen molar-refractivity contribution in [3.8, 4) is 0 Å². The maximum absolute atomic E-state index is 12.5. The average molecular weight is 429 g/mol. The third-order valence-corrected chi connectivity index (χ3v) is 5.84. The van der Waals surface area contributed by atoms with Gasteiger partial charge < -0.3 is 9.47 Å². The van der Waals surface area contributed by atoms with Crippen LogP contribution >= 0.6 is 0 Å². The second-order valence-corrected chi connectivity index (χ2v) is 8.59. The molecule has 0 spiro atoms. The molecule has 2 atom stereocenters. The highest BCUT2D eigenvalue weighted by atomic mass is 16.5. The van der Waals surface area contributed by atoms with Gasteiger partial charge in [0.15, 0.2) is 0 Å². The highest BCUT2D eigenvalue weighted by Crippen LogP contribution is 2.31. The van der Waals surface area contributed by atoms with Crippen molar-refractivity contribution in [2.45, 2.75) is 96.5 Å². The minimum absolute atomic E-state index is 0.122. The molecule has 0 saturated heterocycles. The maximum atomic E-state index is 12.5. The number of ether oxygens (including phenoxy) is 2. The number of allylic oxidation sites excluding steroid dienone is 2. The molecule has 4 heteroatoms. The topological polar surface area (TPSA) is 52.6 Å². The third-order valence-electron chi connectivity index (χ3n) is 5.84. The van der Waals surface area contributed by atoms with E-state index < -0.39 is 0 Å². The van der Waals surface area contributed by atoms with Crippen LogP contribution in [0, 0.1) is 5.92 Å². The highest BCUT2D eigenvalue weighted by Gasteiger charge is 2.21. The van der Waals surface area contributed by atoms with Crippen LogP contribution < -0.4 is 0 Å². The molecule has 0 radical (unpaired) electrons. The van der Waals surface area contributed by atoms with Gasteiger partial charge in [0.25, 0.3) is 0 Å². The van der Waals surface area contributed by atoms with E-state index in [9.17, 15) is 9.59 Å². The second-order valence-electron chi connectivity index (χ2n) is 8.59. The normalized spacial score (nSPS) is 16.6. The van der Waals surface area contributed by atoms with E-state index in [2.05, 4.69) is 19.1 Å². The minimum Gasteiger partial charge on any atom is -0.466 e. The largest absolute Gasteiger partial charge is 0.466 e. The van der Waals surface area contributed by atoms with Crippen molar-refractivity contribution in [2.75, 3.05) is 6.61 Å². The molecule has 0 aromatic heterocycles. The monoisotopic (exact) mass is 428 g/mol. The Bertz CT molecular complexity index is 652. The van der Waals surface area contributed by atoms with Crippen LogP contribution in [0.25, 0.3) is 0 Å². The molecule has 0 N–H and O–H groups in total. The Labute approximate surface area is 188 Å². The van der Waals surface area contributed by atoms with Gasteiger partial charge in [-0.2, -0.15) is 0 Å². The standard InChI is InChI=1S/C27H40O4/c1-2-3-4-14-21-30-26(28)19-12-7-13-20-27(29)31-25(24-17-10-6-11-18-24)22-23-15-8-5-9-16-23/h6,8,10-11,15,17-18,23,25H,2-5,7,9,12-14,16,19-22H2,1H3. The SMILES string of the molecule is CCCCCCOC(=O)CCCCCC(=O)OC(CC1C=CCCC1)c1ccccc1. The van der Waals surface area contributed by atoms with Crippen LogP contribution in [0.1, 0.15) is 102 Å². The zero-order valence-corrected chi connectivity index (χ0v) is 19.2. The number of unbranched alkanes of at least 4 members (excludes halogenated alkanes) is 5. The molecule has 0 fully saturated rings. The Kier molecular flexibility index (Phi) is 12.7. The first kappa shape index (κ1) is 25.2. The van der Waals surface area contributed by atoms with Gasteiger partial charge in [0.2, 0.25) is 0 Å². The van der Waals surface area contributed by atoms with Crippen LogP contribution in [0.2, 0.25) is 0 Å². The summed E-state index contributed by atoms with van der Waals surface area (Å²) in [6.07, 6.45) is 16.3. The molecule has 1 aliphatic carbocycles. The first-order chi connectivity index (χ1) is 15.2. The zero-order valence-electron chi connectivity index (χ0n) is 19.2. The number of carbonyl (C=O) groups is 2. The number of hydrogen-bond donors (Lipinski definition) is 0. The number of hydrogen-bond acceptors (Lipinski definition) is 4. The molecule has 2 unspecified atom stereocenters. The maximum Gasteiger partial charge on any atom is 0.306 e. The summed E-state index contributed by atoms with van der Waals surface area (Å²) in [7, 11) is 0. The molecule has 1 aromatic rings. The van der Waals surface area contributed by atoms with Crippen molar-refractivity contribution in [1.29, 1.82) is 0 Å². The predicted molar refractivity (Wildman–Crippen MR) is 125 cm³/mol. The molecule has 1 aliphatic rings. The quantitative estimate of drug-likeness (QED) is 0.170. The van der Waals surface area contributed by atoms with E-state index >= 15 is 0 Å². The number of rotatable bonds is 15. The molecule has 31 heavy (non-hydrogen) atoms. The molecular formula is C27H40O4. The summed E-state index contributed by atoms with van der Waals surface area (Å²) >= 11 is 0. The molecule has 0 heterocycles. The van der Waals surface area contributed by atoms with Crippen LogP contribution in [0.5, 0.6) is 0 Å². The van der Waals surface area contributed by atoms with E-state index in [1.165, 1.54) is 19.3 Å². The Hall–Kier alpha value is -2.10. The molecule has 0 saturated carbocycles. The van der Waals surface area contributed by atoms with E-state index in [1.54, 1.807) is 0 Å². The summed E-state index contributed by atoms with van der Waals surface area (Å²) in [4.78, 5) is 24.2. The fourth-order valence-corrected chi connectivity index (χ4v) is 3.99. The van der Waals surface area contributed by atoms with Crippen LogP contribution in [-0.4, -0.2) is 18.5 Å². The summed E-state index contributed by atoms with van der Waals surface area (Å²) in [6, 6.07) is 10.1. The van der Waals surface area contributed by atoms with E-state index in [0.717, 1.165) is 56.9 Å². The van der Waals surface area contributed by atoms with Gasteiger partial charge in [-0.05, 0) is 56.4 Å². The Morgan fingerprint density at radius 2 is 1.71 bits per heavy atom. The van der Waals surface area contributed by atoms with Crippen molar-refractivity contribution in [3.05, 3.63) is 48.0 Å². The Morgan fingerprint density at radius 3 is 2.42 bits per heavy atom. The van der Waals surface area contributed by atoms with E-state index in [1.807, 2.05) is 30.3 Å². The molecular weight excluding hydrogens is 388 g/mol. The Balaban J connectivity index is 1.65. The lowest BCUT2D eigenvalue weighted by Gasteiger charge is -2.24. The van der Waals surface area contributed by atoms with Gasteiger partial charge in [-0.15, -0.1) is 0 Å². The van der Waals surface area contributed by atoms with E-state index in [4.69, 9.17) is 9.47 Å². The first-order valence-corrected chi connectivity index (χ1v) is 12.3. The van der Waals surface area contributed by atoms with Crippen LogP contribution in [0.4, 0.5) is 0 Å². The fourth-order valence-electron chi connectivity index (χ4n) is 3.99. The lowest BCUT2D eigenvalue weighted by atomic mass is 9.89. The van der Waals surface area contributed by atoms with Crippen molar-refractivity contribution < 1.29 is 19.1 Å². The first-order valence-electron chi connectivity index (χ1n) is 12.3. The van der Waals surface area contributed by atoms with Gasteiger partial charge in [0, 0.05) is 12.8 Å². The summed E-state index contributed by atoms with van der Waals surface area (Å²) < 4.78 is 11.1. The van der Waals surface area contributed by atoms with Crippen LogP contribution in [0.3, 0.4) is 0 Å². The number of carbonyl (C=O) groups excluding carboxylic acids is 2. The average Bonchev–Trinajstić information content (AvgIpc) is 2.79. The van der Waals surface area contributed by atoms with E-state index in [-0.39, 0.29) is 18.0 Å². The third kappa shape index (κ3) is 11.2. The molecule has 172 valence electrons.